The summed E-state index contributed by atoms with van der Waals surface area (Å²) in [7, 11) is 0. The van der Waals surface area contributed by atoms with Crippen LogP contribution >= 0.6 is 23.0 Å². The van der Waals surface area contributed by atoms with Crippen molar-refractivity contribution in [2.45, 2.75) is 0 Å². The van der Waals surface area contributed by atoms with Crippen molar-refractivity contribution in [1.29, 1.82) is 0 Å². The first kappa shape index (κ1) is 9.52. The Labute approximate surface area is 97.4 Å². The SMILES string of the molecule is IOc1cccc(-c2ccccc2)c1. The van der Waals surface area contributed by atoms with Gasteiger partial charge in [-0.2, -0.15) is 0 Å². The Kier molecular flexibility index (Phi) is 3.03. The summed E-state index contributed by atoms with van der Waals surface area (Å²) >= 11 is 1.89. The van der Waals surface area contributed by atoms with E-state index in [4.69, 9.17) is 3.07 Å². The molecule has 0 aliphatic carbocycles. The van der Waals surface area contributed by atoms with Crippen LogP contribution in [0.4, 0.5) is 0 Å². The molecule has 0 atom stereocenters. The van der Waals surface area contributed by atoms with Crippen LogP contribution in [0.25, 0.3) is 11.1 Å². The molecule has 0 aromatic heterocycles. The maximum absolute atomic E-state index is 5.15. The third kappa shape index (κ3) is 2.07. The van der Waals surface area contributed by atoms with Gasteiger partial charge in [-0.1, -0.05) is 42.5 Å². The van der Waals surface area contributed by atoms with Crippen LogP contribution < -0.4 is 3.07 Å². The molecular weight excluding hydrogens is 287 g/mol. The minimum Gasteiger partial charge on any atom is -0.428 e. The van der Waals surface area contributed by atoms with E-state index in [1.807, 2.05) is 59.4 Å². The van der Waals surface area contributed by atoms with Gasteiger partial charge in [-0.3, -0.25) is 0 Å². The van der Waals surface area contributed by atoms with Crippen LogP contribution in [-0.2, 0) is 0 Å². The van der Waals surface area contributed by atoms with Gasteiger partial charge in [-0.25, -0.2) is 0 Å². The first-order valence-corrected chi connectivity index (χ1v) is 5.22. The first-order valence-electron chi connectivity index (χ1n) is 4.34. The zero-order valence-electron chi connectivity index (χ0n) is 7.48. The highest BCUT2D eigenvalue weighted by atomic mass is 127. The summed E-state index contributed by atoms with van der Waals surface area (Å²) in [6.45, 7) is 0. The number of halogens is 1. The Bertz CT molecular complexity index is 412. The van der Waals surface area contributed by atoms with E-state index in [1.165, 1.54) is 11.1 Å². The number of rotatable bonds is 2. The van der Waals surface area contributed by atoms with Gasteiger partial charge in [-0.15, -0.1) is 0 Å². The topological polar surface area (TPSA) is 9.23 Å². The lowest BCUT2D eigenvalue weighted by atomic mass is 10.1. The fourth-order valence-electron chi connectivity index (χ4n) is 1.35. The molecule has 0 aliphatic heterocycles. The average Bonchev–Trinajstić information content (AvgIpc) is 2.30. The Balaban J connectivity index is 2.42. The number of hydrogen-bond donors (Lipinski definition) is 0. The lowest BCUT2D eigenvalue weighted by Gasteiger charge is -2.02. The van der Waals surface area contributed by atoms with E-state index < -0.39 is 0 Å². The zero-order chi connectivity index (χ0) is 9.80. The number of benzene rings is 2. The molecule has 0 amide bonds. The molecule has 0 unspecified atom stereocenters. The van der Waals surface area contributed by atoms with Crippen LogP contribution in [0.1, 0.15) is 0 Å². The van der Waals surface area contributed by atoms with Crippen molar-refractivity contribution in [3.8, 4) is 16.9 Å². The zero-order valence-corrected chi connectivity index (χ0v) is 9.64. The molecule has 70 valence electrons. The van der Waals surface area contributed by atoms with E-state index in [1.54, 1.807) is 0 Å². The van der Waals surface area contributed by atoms with Crippen molar-refractivity contribution < 1.29 is 3.07 Å². The fraction of sp³-hybridized carbons (Fsp3) is 0. The maximum atomic E-state index is 5.15. The monoisotopic (exact) mass is 296 g/mol. The van der Waals surface area contributed by atoms with E-state index in [0.29, 0.717) is 0 Å². The van der Waals surface area contributed by atoms with E-state index >= 15 is 0 Å². The Morgan fingerprint density at radius 2 is 1.50 bits per heavy atom. The van der Waals surface area contributed by atoms with Crippen molar-refractivity contribution >= 4 is 23.0 Å². The summed E-state index contributed by atoms with van der Waals surface area (Å²) in [5.41, 5.74) is 2.39. The Morgan fingerprint density at radius 3 is 2.21 bits per heavy atom. The van der Waals surface area contributed by atoms with Crippen LogP contribution in [0, 0.1) is 0 Å². The van der Waals surface area contributed by atoms with Crippen molar-refractivity contribution in [1.82, 2.24) is 0 Å². The highest BCUT2D eigenvalue weighted by Gasteiger charge is 1.97. The first-order chi connectivity index (χ1) is 6.90. The van der Waals surface area contributed by atoms with Crippen LogP contribution in [0.5, 0.6) is 5.75 Å². The van der Waals surface area contributed by atoms with Crippen molar-refractivity contribution in [3.05, 3.63) is 54.6 Å². The number of hydrogen-bond acceptors (Lipinski definition) is 1. The molecule has 0 fully saturated rings. The summed E-state index contributed by atoms with van der Waals surface area (Å²) < 4.78 is 5.15. The predicted octanol–water partition coefficient (Wildman–Crippen LogP) is 4.08. The second kappa shape index (κ2) is 4.46. The summed E-state index contributed by atoms with van der Waals surface area (Å²) in [5.74, 6) is 0.881. The van der Waals surface area contributed by atoms with Gasteiger partial charge in [0.1, 0.15) is 5.75 Å². The van der Waals surface area contributed by atoms with Gasteiger partial charge in [-0.05, 0) is 23.3 Å². The molecule has 0 saturated carbocycles. The van der Waals surface area contributed by atoms with Crippen molar-refractivity contribution in [3.63, 3.8) is 0 Å². The molecule has 2 aromatic carbocycles. The lowest BCUT2D eigenvalue weighted by Crippen LogP contribution is -1.78. The maximum Gasteiger partial charge on any atom is 0.192 e. The van der Waals surface area contributed by atoms with Gasteiger partial charge in [0, 0.05) is 0 Å². The van der Waals surface area contributed by atoms with Gasteiger partial charge in [0.25, 0.3) is 0 Å². The molecule has 2 heteroatoms. The molecule has 0 heterocycles. The highest BCUT2D eigenvalue weighted by Crippen LogP contribution is 2.24. The lowest BCUT2D eigenvalue weighted by molar-refractivity contribution is 0.717. The molecule has 14 heavy (non-hydrogen) atoms. The van der Waals surface area contributed by atoms with Crippen LogP contribution in [0.15, 0.2) is 54.6 Å². The molecule has 1 nitrogen and oxygen atoms in total. The quantitative estimate of drug-likeness (QED) is 0.759. The molecule has 0 spiro atoms. The summed E-state index contributed by atoms with van der Waals surface area (Å²) in [5, 5.41) is 0. The largest absolute Gasteiger partial charge is 0.428 e. The fourth-order valence-corrected chi connectivity index (χ4v) is 1.63. The van der Waals surface area contributed by atoms with Crippen molar-refractivity contribution in [2.75, 3.05) is 0 Å². The smallest absolute Gasteiger partial charge is 0.192 e. The van der Waals surface area contributed by atoms with Gasteiger partial charge >= 0.3 is 0 Å². The van der Waals surface area contributed by atoms with Gasteiger partial charge in [0.15, 0.2) is 23.0 Å². The van der Waals surface area contributed by atoms with Crippen LogP contribution in [0.2, 0.25) is 0 Å². The summed E-state index contributed by atoms with van der Waals surface area (Å²) in [6, 6.07) is 18.3. The second-order valence-corrected chi connectivity index (χ2v) is 3.41. The standard InChI is InChI=1S/C12H9IO/c13-14-12-8-4-7-11(9-12)10-5-2-1-3-6-10/h1-9H. The van der Waals surface area contributed by atoms with Crippen LogP contribution in [0.3, 0.4) is 0 Å². The molecule has 2 aromatic rings. The van der Waals surface area contributed by atoms with Gasteiger partial charge < -0.3 is 3.07 Å². The van der Waals surface area contributed by atoms with Gasteiger partial charge in [0.2, 0.25) is 0 Å². The third-order valence-electron chi connectivity index (χ3n) is 2.03. The van der Waals surface area contributed by atoms with E-state index in [9.17, 15) is 0 Å². The molecule has 0 saturated heterocycles. The Hall–Kier alpha value is -1.03. The van der Waals surface area contributed by atoms with E-state index in [-0.39, 0.29) is 0 Å². The highest BCUT2D eigenvalue weighted by molar-refractivity contribution is 14.1. The molecule has 0 radical (unpaired) electrons. The van der Waals surface area contributed by atoms with Gasteiger partial charge in [0.05, 0.1) is 0 Å². The third-order valence-corrected chi connectivity index (χ3v) is 2.54. The summed E-state index contributed by atoms with van der Waals surface area (Å²) in [4.78, 5) is 0. The summed E-state index contributed by atoms with van der Waals surface area (Å²) in [6.07, 6.45) is 0. The molecular formula is C12H9IO. The van der Waals surface area contributed by atoms with Crippen molar-refractivity contribution in [2.24, 2.45) is 0 Å². The minimum absolute atomic E-state index is 0.881. The molecule has 0 bridgehead atoms. The minimum atomic E-state index is 0.881. The van der Waals surface area contributed by atoms with E-state index in [0.717, 1.165) is 5.75 Å². The van der Waals surface area contributed by atoms with Crippen LogP contribution in [-0.4, -0.2) is 0 Å². The average molecular weight is 296 g/mol. The second-order valence-electron chi connectivity index (χ2n) is 2.97. The molecule has 0 aliphatic rings. The normalized spacial score (nSPS) is 9.79. The molecule has 2 rings (SSSR count). The predicted molar refractivity (Wildman–Crippen MR) is 66.5 cm³/mol. The Morgan fingerprint density at radius 1 is 0.786 bits per heavy atom. The molecule has 0 N–H and O–H groups in total. The van der Waals surface area contributed by atoms with E-state index in [2.05, 4.69) is 18.2 Å².